The van der Waals surface area contributed by atoms with Crippen LogP contribution in [0.5, 0.6) is 0 Å². The Morgan fingerprint density at radius 3 is 2.89 bits per heavy atom. The van der Waals surface area contributed by atoms with Crippen LogP contribution < -0.4 is 11.1 Å². The first-order valence-corrected chi connectivity index (χ1v) is 7.19. The molecule has 1 saturated carbocycles. The SMILES string of the molecule is Cc1cccc([C@@H](C)NC(=O)C2CCCC(N)C2)c1. The third-order valence-electron chi connectivity index (χ3n) is 3.99. The molecule has 1 aromatic rings. The number of nitrogens with two attached hydrogens (primary N) is 1. The summed E-state index contributed by atoms with van der Waals surface area (Å²) >= 11 is 0. The predicted octanol–water partition coefficient (Wildman–Crippen LogP) is 2.69. The van der Waals surface area contributed by atoms with Gasteiger partial charge in [0.25, 0.3) is 0 Å². The lowest BCUT2D eigenvalue weighted by Gasteiger charge is -2.27. The van der Waals surface area contributed by atoms with Gasteiger partial charge in [0, 0.05) is 12.0 Å². The molecular formula is C16H24N2O. The molecule has 0 bridgehead atoms. The van der Waals surface area contributed by atoms with Crippen LogP contribution in [-0.2, 0) is 4.79 Å². The first-order valence-electron chi connectivity index (χ1n) is 7.19. The molecule has 0 saturated heterocycles. The summed E-state index contributed by atoms with van der Waals surface area (Å²) in [5.74, 6) is 0.250. The summed E-state index contributed by atoms with van der Waals surface area (Å²) in [6.45, 7) is 4.10. The number of benzene rings is 1. The van der Waals surface area contributed by atoms with Crippen molar-refractivity contribution in [3.63, 3.8) is 0 Å². The number of nitrogens with one attached hydrogen (secondary N) is 1. The minimum Gasteiger partial charge on any atom is -0.349 e. The number of aryl methyl sites for hydroxylation is 1. The van der Waals surface area contributed by atoms with Gasteiger partial charge >= 0.3 is 0 Å². The van der Waals surface area contributed by atoms with E-state index in [0.29, 0.717) is 0 Å². The minimum atomic E-state index is 0.0607. The van der Waals surface area contributed by atoms with Gasteiger partial charge in [-0.15, -0.1) is 0 Å². The van der Waals surface area contributed by atoms with Crippen LogP contribution in [-0.4, -0.2) is 11.9 Å². The van der Waals surface area contributed by atoms with E-state index in [0.717, 1.165) is 31.2 Å². The molecule has 3 heteroatoms. The van der Waals surface area contributed by atoms with Crippen LogP contribution in [0.3, 0.4) is 0 Å². The summed E-state index contributed by atoms with van der Waals surface area (Å²) < 4.78 is 0. The van der Waals surface area contributed by atoms with E-state index in [-0.39, 0.29) is 23.9 Å². The predicted molar refractivity (Wildman–Crippen MR) is 77.7 cm³/mol. The van der Waals surface area contributed by atoms with Crippen molar-refractivity contribution in [2.45, 2.75) is 51.6 Å². The molecule has 1 aliphatic rings. The zero-order valence-corrected chi connectivity index (χ0v) is 11.9. The van der Waals surface area contributed by atoms with Gasteiger partial charge in [-0.1, -0.05) is 36.2 Å². The minimum absolute atomic E-state index is 0.0607. The first kappa shape index (κ1) is 14.1. The largest absolute Gasteiger partial charge is 0.349 e. The second-order valence-corrected chi connectivity index (χ2v) is 5.77. The summed E-state index contributed by atoms with van der Waals surface area (Å²) in [5, 5.41) is 3.12. The van der Waals surface area contributed by atoms with Crippen LogP contribution in [0.2, 0.25) is 0 Å². The summed E-state index contributed by atoms with van der Waals surface area (Å²) in [7, 11) is 0. The van der Waals surface area contributed by atoms with E-state index in [1.165, 1.54) is 5.56 Å². The highest BCUT2D eigenvalue weighted by Crippen LogP contribution is 2.24. The molecule has 3 nitrogen and oxygen atoms in total. The quantitative estimate of drug-likeness (QED) is 0.878. The molecule has 0 heterocycles. The topological polar surface area (TPSA) is 55.1 Å². The maximum absolute atomic E-state index is 12.2. The smallest absolute Gasteiger partial charge is 0.223 e. The summed E-state index contributed by atoms with van der Waals surface area (Å²) in [6, 6.07) is 8.54. The average Bonchev–Trinajstić information content (AvgIpc) is 2.38. The van der Waals surface area contributed by atoms with Gasteiger partial charge in [-0.05, 0) is 38.7 Å². The zero-order valence-electron chi connectivity index (χ0n) is 11.9. The van der Waals surface area contributed by atoms with E-state index in [9.17, 15) is 4.79 Å². The fourth-order valence-corrected chi connectivity index (χ4v) is 2.82. The van der Waals surface area contributed by atoms with E-state index >= 15 is 0 Å². The number of carbonyl (C=O) groups is 1. The Labute approximate surface area is 115 Å². The summed E-state index contributed by atoms with van der Waals surface area (Å²) in [4.78, 5) is 12.2. The van der Waals surface area contributed by atoms with Crippen molar-refractivity contribution in [1.29, 1.82) is 0 Å². The van der Waals surface area contributed by atoms with Crippen molar-refractivity contribution < 1.29 is 4.79 Å². The summed E-state index contributed by atoms with van der Waals surface area (Å²) in [6.07, 6.45) is 3.92. The van der Waals surface area contributed by atoms with Gasteiger partial charge in [-0.2, -0.15) is 0 Å². The molecule has 104 valence electrons. The molecule has 0 radical (unpaired) electrons. The second-order valence-electron chi connectivity index (χ2n) is 5.77. The first-order chi connectivity index (χ1) is 9.06. The molecule has 3 N–H and O–H groups in total. The van der Waals surface area contributed by atoms with Crippen molar-refractivity contribution in [1.82, 2.24) is 5.32 Å². The van der Waals surface area contributed by atoms with Gasteiger partial charge in [-0.25, -0.2) is 0 Å². The molecule has 1 fully saturated rings. The third-order valence-corrected chi connectivity index (χ3v) is 3.99. The van der Waals surface area contributed by atoms with Crippen molar-refractivity contribution >= 4 is 5.91 Å². The normalized spacial score (nSPS) is 24.8. The fraction of sp³-hybridized carbons (Fsp3) is 0.562. The molecule has 1 amide bonds. The molecule has 3 atom stereocenters. The van der Waals surface area contributed by atoms with Crippen LogP contribution >= 0.6 is 0 Å². The lowest BCUT2D eigenvalue weighted by molar-refractivity contribution is -0.126. The van der Waals surface area contributed by atoms with Crippen molar-refractivity contribution in [3.05, 3.63) is 35.4 Å². The fourth-order valence-electron chi connectivity index (χ4n) is 2.82. The Morgan fingerprint density at radius 2 is 2.21 bits per heavy atom. The highest BCUT2D eigenvalue weighted by Gasteiger charge is 2.26. The molecule has 0 aliphatic heterocycles. The Kier molecular flexibility index (Phi) is 4.59. The molecule has 1 aliphatic carbocycles. The van der Waals surface area contributed by atoms with Gasteiger partial charge in [0.05, 0.1) is 6.04 Å². The van der Waals surface area contributed by atoms with Gasteiger partial charge < -0.3 is 11.1 Å². The van der Waals surface area contributed by atoms with E-state index < -0.39 is 0 Å². The van der Waals surface area contributed by atoms with E-state index in [4.69, 9.17) is 5.73 Å². The number of carbonyl (C=O) groups excluding carboxylic acids is 1. The molecule has 2 rings (SSSR count). The van der Waals surface area contributed by atoms with E-state index in [1.807, 2.05) is 13.0 Å². The summed E-state index contributed by atoms with van der Waals surface area (Å²) in [5.41, 5.74) is 8.33. The highest BCUT2D eigenvalue weighted by molar-refractivity contribution is 5.79. The van der Waals surface area contributed by atoms with Crippen LogP contribution in [0.1, 0.15) is 49.8 Å². The maximum Gasteiger partial charge on any atom is 0.223 e. The van der Waals surface area contributed by atoms with Gasteiger partial charge in [-0.3, -0.25) is 4.79 Å². The lowest BCUT2D eigenvalue weighted by Crippen LogP contribution is -2.38. The van der Waals surface area contributed by atoms with E-state index in [1.54, 1.807) is 0 Å². The Hall–Kier alpha value is -1.35. The number of rotatable bonds is 3. The average molecular weight is 260 g/mol. The standard InChI is InChI=1S/C16H24N2O/c1-11-5-3-6-13(9-11)12(2)18-16(19)14-7-4-8-15(17)10-14/h3,5-6,9,12,14-15H,4,7-8,10,17H2,1-2H3,(H,18,19)/t12-,14?,15?/m1/s1. The number of amides is 1. The van der Waals surface area contributed by atoms with Crippen molar-refractivity contribution in [2.24, 2.45) is 11.7 Å². The molecule has 1 aromatic carbocycles. The lowest BCUT2D eigenvalue weighted by atomic mass is 9.85. The molecule has 2 unspecified atom stereocenters. The van der Waals surface area contributed by atoms with Gasteiger partial charge in [0.2, 0.25) is 5.91 Å². The Bertz CT molecular complexity index is 444. The molecule has 0 spiro atoms. The van der Waals surface area contributed by atoms with Crippen LogP contribution in [0, 0.1) is 12.8 Å². The van der Waals surface area contributed by atoms with Crippen molar-refractivity contribution in [2.75, 3.05) is 0 Å². The monoisotopic (exact) mass is 260 g/mol. The number of hydrogen-bond acceptors (Lipinski definition) is 2. The zero-order chi connectivity index (χ0) is 13.8. The Balaban J connectivity index is 1.94. The van der Waals surface area contributed by atoms with E-state index in [2.05, 4.69) is 30.4 Å². The highest BCUT2D eigenvalue weighted by atomic mass is 16.1. The van der Waals surface area contributed by atoms with Crippen molar-refractivity contribution in [3.8, 4) is 0 Å². The number of hydrogen-bond donors (Lipinski definition) is 2. The maximum atomic E-state index is 12.2. The molecular weight excluding hydrogens is 236 g/mol. The third kappa shape index (κ3) is 3.80. The van der Waals surface area contributed by atoms with Crippen LogP contribution in [0.25, 0.3) is 0 Å². The Morgan fingerprint density at radius 1 is 1.42 bits per heavy atom. The second kappa shape index (κ2) is 6.20. The van der Waals surface area contributed by atoms with Crippen LogP contribution in [0.15, 0.2) is 24.3 Å². The van der Waals surface area contributed by atoms with Crippen LogP contribution in [0.4, 0.5) is 0 Å². The molecule has 0 aromatic heterocycles. The van der Waals surface area contributed by atoms with Gasteiger partial charge in [0.1, 0.15) is 0 Å². The van der Waals surface area contributed by atoms with Gasteiger partial charge in [0.15, 0.2) is 0 Å². The molecule has 19 heavy (non-hydrogen) atoms.